The summed E-state index contributed by atoms with van der Waals surface area (Å²) in [7, 11) is -3.03. The van der Waals surface area contributed by atoms with Crippen molar-refractivity contribution in [3.05, 3.63) is 23.7 Å². The number of hydrogen-bond acceptors (Lipinski definition) is 6. The Labute approximate surface area is 105 Å². The molecule has 2 N–H and O–H groups in total. The fourth-order valence-electron chi connectivity index (χ4n) is 1.60. The summed E-state index contributed by atoms with van der Waals surface area (Å²) in [4.78, 5) is 0. The topological polar surface area (TPSA) is 103 Å². The van der Waals surface area contributed by atoms with Gasteiger partial charge in [-0.25, -0.2) is 8.42 Å². The van der Waals surface area contributed by atoms with E-state index in [2.05, 4.69) is 15.3 Å². The average molecular weight is 269 g/mol. The van der Waals surface area contributed by atoms with Crippen molar-refractivity contribution in [3.8, 4) is 0 Å². The van der Waals surface area contributed by atoms with Crippen LogP contribution in [0.25, 0.3) is 5.65 Å². The minimum atomic E-state index is -3.03. The van der Waals surface area contributed by atoms with Gasteiger partial charge in [-0.3, -0.25) is 0 Å². The van der Waals surface area contributed by atoms with Crippen molar-refractivity contribution in [3.63, 3.8) is 0 Å². The molecule has 0 bridgehead atoms. The van der Waals surface area contributed by atoms with Gasteiger partial charge in [0.1, 0.15) is 9.84 Å². The molecule has 0 saturated carbocycles. The van der Waals surface area contributed by atoms with E-state index < -0.39 is 15.9 Å². The number of fused-ring (bicyclic) bond motifs is 1. The molecule has 1 unspecified atom stereocenters. The Balaban J connectivity index is 2.27. The van der Waals surface area contributed by atoms with Crippen molar-refractivity contribution in [2.75, 3.05) is 12.0 Å². The van der Waals surface area contributed by atoms with Crippen molar-refractivity contribution in [1.82, 2.24) is 19.8 Å². The second-order valence-electron chi connectivity index (χ2n) is 4.33. The molecule has 18 heavy (non-hydrogen) atoms. The molecule has 7 nitrogen and oxygen atoms in total. The van der Waals surface area contributed by atoms with Crippen molar-refractivity contribution in [2.45, 2.75) is 19.4 Å². The van der Waals surface area contributed by atoms with E-state index in [1.807, 2.05) is 13.0 Å². The first-order chi connectivity index (χ1) is 8.37. The molecule has 2 aromatic rings. The fraction of sp³-hybridized carbons (Fsp3) is 0.500. The summed E-state index contributed by atoms with van der Waals surface area (Å²) in [5, 5.41) is 12.2. The molecular weight excluding hydrogens is 254 g/mol. The molecule has 8 heteroatoms. The molecule has 98 valence electrons. The molecule has 0 amide bonds. The quantitative estimate of drug-likeness (QED) is 0.829. The molecule has 0 radical (unpaired) electrons. The molecule has 0 aromatic carbocycles. The molecule has 2 aromatic heterocycles. The number of aryl methyl sites for hydroxylation is 1. The van der Waals surface area contributed by atoms with Gasteiger partial charge in [-0.05, 0) is 25.5 Å². The molecule has 0 fully saturated rings. The molecule has 0 aliphatic carbocycles. The van der Waals surface area contributed by atoms with E-state index in [0.717, 1.165) is 5.69 Å². The zero-order valence-electron chi connectivity index (χ0n) is 10.2. The number of nitrogens with zero attached hydrogens (tertiary/aromatic N) is 4. The standard InChI is InChI=1S/C10H15N5O2S/c1-7-3-4-9-12-13-10(15(9)14-7)8(11)5-6-18(2,16)17/h3-4,8H,5-6,11H2,1-2H3. The van der Waals surface area contributed by atoms with Crippen molar-refractivity contribution < 1.29 is 8.42 Å². The Morgan fingerprint density at radius 1 is 1.39 bits per heavy atom. The summed E-state index contributed by atoms with van der Waals surface area (Å²) in [6, 6.07) is 3.13. The average Bonchev–Trinajstić information content (AvgIpc) is 2.67. The predicted octanol–water partition coefficient (Wildman–Crippen LogP) is -0.133. The van der Waals surface area contributed by atoms with Crippen molar-refractivity contribution in [1.29, 1.82) is 0 Å². The molecule has 0 aliphatic rings. The third kappa shape index (κ3) is 2.82. The summed E-state index contributed by atoms with van der Waals surface area (Å²) in [5.74, 6) is 0.506. The first kappa shape index (κ1) is 12.9. The van der Waals surface area contributed by atoms with Crippen LogP contribution in [0.15, 0.2) is 12.1 Å². The molecule has 0 aliphatic heterocycles. The second kappa shape index (κ2) is 4.62. The summed E-state index contributed by atoms with van der Waals surface area (Å²) >= 11 is 0. The smallest absolute Gasteiger partial charge is 0.177 e. The van der Waals surface area contributed by atoms with Crippen LogP contribution in [0.2, 0.25) is 0 Å². The normalized spacial score (nSPS) is 13.9. The number of nitrogens with two attached hydrogens (primary N) is 1. The lowest BCUT2D eigenvalue weighted by atomic mass is 10.2. The van der Waals surface area contributed by atoms with Crippen molar-refractivity contribution >= 4 is 15.5 Å². The lowest BCUT2D eigenvalue weighted by Gasteiger charge is -2.08. The van der Waals surface area contributed by atoms with E-state index in [0.29, 0.717) is 17.9 Å². The van der Waals surface area contributed by atoms with Gasteiger partial charge in [-0.1, -0.05) is 0 Å². The maximum absolute atomic E-state index is 11.1. The number of sulfone groups is 1. The summed E-state index contributed by atoms with van der Waals surface area (Å²) in [6.45, 7) is 1.85. The SMILES string of the molecule is Cc1ccc2nnc(C(N)CCS(C)(=O)=O)n2n1. The summed E-state index contributed by atoms with van der Waals surface area (Å²) in [5.41, 5.74) is 7.36. The van der Waals surface area contributed by atoms with Gasteiger partial charge < -0.3 is 5.73 Å². The fourth-order valence-corrected chi connectivity index (χ4v) is 2.28. The van der Waals surface area contributed by atoms with Crippen LogP contribution in [0, 0.1) is 6.92 Å². The van der Waals surface area contributed by atoms with E-state index in [4.69, 9.17) is 5.73 Å². The van der Waals surface area contributed by atoms with Crippen LogP contribution >= 0.6 is 0 Å². The van der Waals surface area contributed by atoms with Gasteiger partial charge in [-0.2, -0.15) is 9.61 Å². The molecule has 2 heterocycles. The third-order valence-electron chi connectivity index (χ3n) is 2.55. The van der Waals surface area contributed by atoms with E-state index in [9.17, 15) is 8.42 Å². The van der Waals surface area contributed by atoms with Crippen LogP contribution < -0.4 is 5.73 Å². The lowest BCUT2D eigenvalue weighted by molar-refractivity contribution is 0.581. The first-order valence-electron chi connectivity index (χ1n) is 5.49. The van der Waals surface area contributed by atoms with E-state index >= 15 is 0 Å². The first-order valence-corrected chi connectivity index (χ1v) is 7.55. The molecule has 1 atom stereocenters. The Morgan fingerprint density at radius 2 is 2.11 bits per heavy atom. The van der Waals surface area contributed by atoms with E-state index in [1.165, 1.54) is 6.26 Å². The third-order valence-corrected chi connectivity index (χ3v) is 3.53. The second-order valence-corrected chi connectivity index (χ2v) is 6.59. The summed E-state index contributed by atoms with van der Waals surface area (Å²) in [6.07, 6.45) is 1.49. The van der Waals surface area contributed by atoms with Crippen LogP contribution in [-0.2, 0) is 9.84 Å². The van der Waals surface area contributed by atoms with Gasteiger partial charge in [0.2, 0.25) is 0 Å². The molecule has 0 saturated heterocycles. The zero-order chi connectivity index (χ0) is 13.3. The van der Waals surface area contributed by atoms with Gasteiger partial charge in [0.15, 0.2) is 11.5 Å². The van der Waals surface area contributed by atoms with Gasteiger partial charge in [-0.15, -0.1) is 10.2 Å². The molecule has 0 spiro atoms. The highest BCUT2D eigenvalue weighted by Gasteiger charge is 2.17. The summed E-state index contributed by atoms with van der Waals surface area (Å²) < 4.78 is 23.8. The lowest BCUT2D eigenvalue weighted by Crippen LogP contribution is -2.19. The monoisotopic (exact) mass is 269 g/mol. The highest BCUT2D eigenvalue weighted by Crippen LogP contribution is 2.13. The highest BCUT2D eigenvalue weighted by atomic mass is 32.2. The minimum absolute atomic E-state index is 0.0227. The largest absolute Gasteiger partial charge is 0.321 e. The van der Waals surface area contributed by atoms with E-state index in [1.54, 1.807) is 10.6 Å². The Morgan fingerprint density at radius 3 is 2.78 bits per heavy atom. The van der Waals surface area contributed by atoms with E-state index in [-0.39, 0.29) is 5.75 Å². The van der Waals surface area contributed by atoms with Gasteiger partial charge in [0, 0.05) is 6.26 Å². The maximum atomic E-state index is 11.1. The van der Waals surface area contributed by atoms with Crippen LogP contribution in [0.5, 0.6) is 0 Å². The molecule has 2 rings (SSSR count). The van der Waals surface area contributed by atoms with Gasteiger partial charge in [0.05, 0.1) is 17.5 Å². The van der Waals surface area contributed by atoms with Gasteiger partial charge >= 0.3 is 0 Å². The zero-order valence-corrected chi connectivity index (χ0v) is 11.1. The number of rotatable bonds is 4. The molecular formula is C10H15N5O2S. The van der Waals surface area contributed by atoms with Crippen molar-refractivity contribution in [2.24, 2.45) is 5.73 Å². The maximum Gasteiger partial charge on any atom is 0.177 e. The Hall–Kier alpha value is -1.54. The van der Waals surface area contributed by atoms with Crippen LogP contribution in [0.1, 0.15) is 24.0 Å². The number of hydrogen-bond donors (Lipinski definition) is 1. The number of aromatic nitrogens is 4. The highest BCUT2D eigenvalue weighted by molar-refractivity contribution is 7.90. The Kier molecular flexibility index (Phi) is 3.31. The minimum Gasteiger partial charge on any atom is -0.321 e. The van der Waals surface area contributed by atoms with Crippen LogP contribution in [0.4, 0.5) is 0 Å². The Bertz CT molecular complexity index is 664. The van der Waals surface area contributed by atoms with Gasteiger partial charge in [0.25, 0.3) is 0 Å². The van der Waals surface area contributed by atoms with Crippen LogP contribution in [0.3, 0.4) is 0 Å². The predicted molar refractivity (Wildman–Crippen MR) is 66.8 cm³/mol. The van der Waals surface area contributed by atoms with Crippen LogP contribution in [-0.4, -0.2) is 40.2 Å².